The van der Waals surface area contributed by atoms with Gasteiger partial charge in [-0.25, -0.2) is 4.99 Å². The van der Waals surface area contributed by atoms with Crippen molar-refractivity contribution in [3.05, 3.63) is 46.2 Å². The summed E-state index contributed by atoms with van der Waals surface area (Å²) in [7, 11) is 0. The third kappa shape index (κ3) is 6.51. The molecular weight excluding hydrogens is 360 g/mol. The zero-order valence-electron chi connectivity index (χ0n) is 14.8. The Bertz CT molecular complexity index is 694. The van der Waals surface area contributed by atoms with Crippen LogP contribution < -0.4 is 20.1 Å². The van der Waals surface area contributed by atoms with Crippen LogP contribution >= 0.6 is 11.3 Å². The van der Waals surface area contributed by atoms with Gasteiger partial charge < -0.3 is 20.1 Å². The molecular formula is C18H23F2N3O2S. The standard InChI is InChI=1S/C18H23F2N3O2S/c1-3-21-18(23-12-14-6-5-9-26-14)22-11-13-7-8-15(25-17(19)20)16(10-13)24-4-2/h5-10,17H,3-4,11-12H2,1-2H3,(H2,21,22,23). The first-order valence-electron chi connectivity index (χ1n) is 8.37. The lowest BCUT2D eigenvalue weighted by Crippen LogP contribution is -2.36. The first-order chi connectivity index (χ1) is 12.6. The lowest BCUT2D eigenvalue weighted by molar-refractivity contribution is -0.0514. The van der Waals surface area contributed by atoms with E-state index in [1.165, 1.54) is 10.9 Å². The van der Waals surface area contributed by atoms with E-state index in [9.17, 15) is 8.78 Å². The predicted molar refractivity (Wildman–Crippen MR) is 100 cm³/mol. The number of rotatable bonds is 9. The summed E-state index contributed by atoms with van der Waals surface area (Å²) in [6.07, 6.45) is 0. The molecule has 142 valence electrons. The third-order valence-corrected chi connectivity index (χ3v) is 4.17. The Labute approximate surface area is 156 Å². The molecule has 0 unspecified atom stereocenters. The van der Waals surface area contributed by atoms with Gasteiger partial charge in [-0.1, -0.05) is 12.1 Å². The predicted octanol–water partition coefficient (Wildman–Crippen LogP) is 4.00. The molecule has 0 aliphatic heterocycles. The Morgan fingerprint density at radius 2 is 2.04 bits per heavy atom. The number of nitrogens with one attached hydrogen (secondary N) is 2. The average molecular weight is 383 g/mol. The summed E-state index contributed by atoms with van der Waals surface area (Å²) in [5.74, 6) is 1.00. The van der Waals surface area contributed by atoms with Crippen LogP contribution in [-0.4, -0.2) is 25.7 Å². The van der Waals surface area contributed by atoms with Gasteiger partial charge in [0.25, 0.3) is 0 Å². The van der Waals surface area contributed by atoms with Gasteiger partial charge in [0.15, 0.2) is 17.5 Å². The molecule has 2 rings (SSSR count). The molecule has 0 spiro atoms. The van der Waals surface area contributed by atoms with Crippen molar-refractivity contribution in [3.63, 3.8) is 0 Å². The number of nitrogens with zero attached hydrogens (tertiary/aromatic N) is 1. The molecule has 8 heteroatoms. The highest BCUT2D eigenvalue weighted by Crippen LogP contribution is 2.30. The highest BCUT2D eigenvalue weighted by atomic mass is 32.1. The number of guanidine groups is 1. The summed E-state index contributed by atoms with van der Waals surface area (Å²) in [5, 5.41) is 8.47. The molecule has 0 aliphatic carbocycles. The Morgan fingerprint density at radius 1 is 1.19 bits per heavy atom. The number of benzene rings is 1. The molecule has 2 N–H and O–H groups in total. The fourth-order valence-corrected chi connectivity index (χ4v) is 2.85. The molecule has 0 amide bonds. The molecule has 5 nitrogen and oxygen atoms in total. The van der Waals surface area contributed by atoms with Gasteiger partial charge in [0, 0.05) is 11.4 Å². The minimum atomic E-state index is -2.89. The molecule has 1 aromatic heterocycles. The van der Waals surface area contributed by atoms with Crippen molar-refractivity contribution in [3.8, 4) is 11.5 Å². The van der Waals surface area contributed by atoms with Gasteiger partial charge >= 0.3 is 6.61 Å². The summed E-state index contributed by atoms with van der Waals surface area (Å²) in [4.78, 5) is 5.74. The van der Waals surface area contributed by atoms with Gasteiger partial charge in [-0.05, 0) is 43.0 Å². The maximum Gasteiger partial charge on any atom is 0.387 e. The maximum absolute atomic E-state index is 12.5. The van der Waals surface area contributed by atoms with Crippen LogP contribution in [0.5, 0.6) is 11.5 Å². The molecule has 0 aliphatic rings. The van der Waals surface area contributed by atoms with E-state index < -0.39 is 6.61 Å². The van der Waals surface area contributed by atoms with Gasteiger partial charge in [0.1, 0.15) is 0 Å². The summed E-state index contributed by atoms with van der Waals surface area (Å²) in [5.41, 5.74) is 0.836. The van der Waals surface area contributed by atoms with Gasteiger partial charge in [-0.3, -0.25) is 0 Å². The van der Waals surface area contributed by atoms with Crippen molar-refractivity contribution >= 4 is 17.3 Å². The minimum absolute atomic E-state index is 0.0253. The van der Waals surface area contributed by atoms with Gasteiger partial charge in [0.05, 0.1) is 19.7 Å². The highest BCUT2D eigenvalue weighted by Gasteiger charge is 2.11. The van der Waals surface area contributed by atoms with Crippen molar-refractivity contribution in [2.75, 3.05) is 13.2 Å². The van der Waals surface area contributed by atoms with E-state index in [0.29, 0.717) is 25.7 Å². The van der Waals surface area contributed by atoms with E-state index in [4.69, 9.17) is 4.74 Å². The van der Waals surface area contributed by atoms with Gasteiger partial charge in [-0.2, -0.15) is 8.78 Å². The van der Waals surface area contributed by atoms with E-state index in [-0.39, 0.29) is 11.5 Å². The quantitative estimate of drug-likeness (QED) is 0.508. The summed E-state index contributed by atoms with van der Waals surface area (Å²) >= 11 is 1.67. The van der Waals surface area contributed by atoms with E-state index >= 15 is 0 Å². The smallest absolute Gasteiger partial charge is 0.387 e. The first-order valence-corrected chi connectivity index (χ1v) is 9.25. The summed E-state index contributed by atoms with van der Waals surface area (Å²) < 4.78 is 34.8. The molecule has 0 atom stereocenters. The second kappa shape index (κ2) is 10.6. The van der Waals surface area contributed by atoms with Crippen LogP contribution in [0.25, 0.3) is 0 Å². The Morgan fingerprint density at radius 3 is 2.69 bits per heavy atom. The summed E-state index contributed by atoms with van der Waals surface area (Å²) in [6.45, 7) is 3.06. The van der Waals surface area contributed by atoms with E-state index in [1.54, 1.807) is 30.4 Å². The molecule has 1 heterocycles. The van der Waals surface area contributed by atoms with Gasteiger partial charge in [-0.15, -0.1) is 11.3 Å². The topological polar surface area (TPSA) is 54.9 Å². The molecule has 0 saturated carbocycles. The number of aliphatic imine (C=N–C) groups is 1. The number of thiophene rings is 1. The zero-order chi connectivity index (χ0) is 18.8. The molecule has 26 heavy (non-hydrogen) atoms. The molecule has 0 radical (unpaired) electrons. The fraction of sp³-hybridized carbons (Fsp3) is 0.389. The van der Waals surface area contributed by atoms with Gasteiger partial charge in [0.2, 0.25) is 0 Å². The highest BCUT2D eigenvalue weighted by molar-refractivity contribution is 7.09. The first kappa shape index (κ1) is 20.0. The largest absolute Gasteiger partial charge is 0.490 e. The molecule has 2 aromatic rings. The SMILES string of the molecule is CCNC(=NCc1ccc(OC(F)F)c(OCC)c1)NCc1cccs1. The Balaban J connectivity index is 2.05. The Hall–Kier alpha value is -2.35. The maximum atomic E-state index is 12.5. The molecule has 0 bridgehead atoms. The zero-order valence-corrected chi connectivity index (χ0v) is 15.6. The fourth-order valence-electron chi connectivity index (χ4n) is 2.21. The van der Waals surface area contributed by atoms with Crippen LogP contribution in [0.15, 0.2) is 40.7 Å². The van der Waals surface area contributed by atoms with E-state index in [2.05, 4.69) is 26.4 Å². The third-order valence-electron chi connectivity index (χ3n) is 3.30. The van der Waals surface area contributed by atoms with Crippen molar-refractivity contribution < 1.29 is 18.3 Å². The van der Waals surface area contributed by atoms with Crippen LogP contribution in [0.1, 0.15) is 24.3 Å². The average Bonchev–Trinajstić information content (AvgIpc) is 3.13. The summed E-state index contributed by atoms with van der Waals surface area (Å²) in [6, 6.07) is 8.91. The van der Waals surface area contributed by atoms with Crippen LogP contribution in [0, 0.1) is 0 Å². The lowest BCUT2D eigenvalue weighted by Gasteiger charge is -2.13. The molecule has 0 saturated heterocycles. The Kier molecular flexibility index (Phi) is 8.14. The number of ether oxygens (including phenoxy) is 2. The van der Waals surface area contributed by atoms with Crippen LogP contribution in [0.4, 0.5) is 8.78 Å². The van der Waals surface area contributed by atoms with Crippen molar-refractivity contribution in [1.29, 1.82) is 0 Å². The van der Waals surface area contributed by atoms with E-state index in [1.807, 2.05) is 18.4 Å². The normalized spacial score (nSPS) is 11.5. The van der Waals surface area contributed by atoms with E-state index in [0.717, 1.165) is 12.1 Å². The molecule has 1 aromatic carbocycles. The lowest BCUT2D eigenvalue weighted by atomic mass is 10.2. The molecule has 0 fully saturated rings. The second-order valence-corrected chi connectivity index (χ2v) is 6.25. The number of halogens is 2. The van der Waals surface area contributed by atoms with Crippen LogP contribution in [0.3, 0.4) is 0 Å². The second-order valence-electron chi connectivity index (χ2n) is 5.22. The number of hydrogen-bond donors (Lipinski definition) is 2. The number of alkyl halides is 2. The van der Waals surface area contributed by atoms with Crippen LogP contribution in [0.2, 0.25) is 0 Å². The monoisotopic (exact) mass is 383 g/mol. The van der Waals surface area contributed by atoms with Crippen molar-refractivity contribution in [2.24, 2.45) is 4.99 Å². The number of hydrogen-bond acceptors (Lipinski definition) is 4. The van der Waals surface area contributed by atoms with Crippen LogP contribution in [-0.2, 0) is 13.1 Å². The van der Waals surface area contributed by atoms with Crippen molar-refractivity contribution in [1.82, 2.24) is 10.6 Å². The minimum Gasteiger partial charge on any atom is -0.490 e. The van der Waals surface area contributed by atoms with Crippen molar-refractivity contribution in [2.45, 2.75) is 33.5 Å².